The first-order valence-electron chi connectivity index (χ1n) is 4.72. The minimum Gasteiger partial charge on any atom is -0.358 e. The van der Waals surface area contributed by atoms with Crippen LogP contribution in [0.25, 0.3) is 0 Å². The van der Waals surface area contributed by atoms with E-state index in [0.29, 0.717) is 12.1 Å². The van der Waals surface area contributed by atoms with E-state index in [-0.39, 0.29) is 5.82 Å². The zero-order valence-electron chi connectivity index (χ0n) is 9.01. The summed E-state index contributed by atoms with van der Waals surface area (Å²) in [6, 6.07) is 0.686. The number of amides is 1. The van der Waals surface area contributed by atoms with Crippen molar-refractivity contribution in [3.05, 3.63) is 21.9 Å². The number of nitrogens with two attached hydrogens (primary N) is 1. The highest BCUT2D eigenvalue weighted by atomic mass is 16.6. The molecular formula is C8H13N5O3. The van der Waals surface area contributed by atoms with E-state index in [0.717, 1.165) is 0 Å². The van der Waals surface area contributed by atoms with Crippen LogP contribution in [0.3, 0.4) is 0 Å². The maximum Gasteiger partial charge on any atom is 0.390 e. The van der Waals surface area contributed by atoms with Gasteiger partial charge in [-0.1, -0.05) is 6.92 Å². The topological polar surface area (TPSA) is 116 Å². The standard InChI is InChI=1S/C8H13N5O3/c1-3-6(8(14)10-9)12-5(2)4-7(11-12)13(15)16/h4,6H,3,9H2,1-2H3,(H,10,14). The number of hydrogen-bond acceptors (Lipinski definition) is 5. The molecule has 88 valence electrons. The van der Waals surface area contributed by atoms with E-state index in [1.54, 1.807) is 13.8 Å². The van der Waals surface area contributed by atoms with Crippen molar-refractivity contribution in [1.29, 1.82) is 0 Å². The number of carbonyl (C=O) groups is 1. The van der Waals surface area contributed by atoms with Gasteiger partial charge in [0, 0.05) is 0 Å². The molecule has 0 aliphatic heterocycles. The highest BCUT2D eigenvalue weighted by Crippen LogP contribution is 2.18. The number of carbonyl (C=O) groups excluding carboxylic acids is 1. The fourth-order valence-corrected chi connectivity index (χ4v) is 1.44. The molecule has 8 heteroatoms. The Kier molecular flexibility index (Phi) is 3.56. The van der Waals surface area contributed by atoms with Gasteiger partial charge in [0.15, 0.2) is 6.04 Å². The van der Waals surface area contributed by atoms with E-state index >= 15 is 0 Å². The van der Waals surface area contributed by atoms with Crippen molar-refractivity contribution < 1.29 is 9.72 Å². The summed E-state index contributed by atoms with van der Waals surface area (Å²) in [6.45, 7) is 3.42. The van der Waals surface area contributed by atoms with Crippen LogP contribution in [0.2, 0.25) is 0 Å². The molecule has 0 saturated heterocycles. The number of nitro groups is 1. The van der Waals surface area contributed by atoms with Crippen LogP contribution in [-0.2, 0) is 4.79 Å². The molecule has 0 saturated carbocycles. The van der Waals surface area contributed by atoms with E-state index < -0.39 is 16.9 Å². The lowest BCUT2D eigenvalue weighted by molar-refractivity contribution is -0.389. The summed E-state index contributed by atoms with van der Waals surface area (Å²) in [5.74, 6) is 4.32. The van der Waals surface area contributed by atoms with Crippen molar-refractivity contribution in [2.75, 3.05) is 0 Å². The molecule has 3 N–H and O–H groups in total. The number of nitrogens with zero attached hydrogens (tertiary/aromatic N) is 3. The van der Waals surface area contributed by atoms with Crippen LogP contribution >= 0.6 is 0 Å². The fraction of sp³-hybridized carbons (Fsp3) is 0.500. The molecule has 1 rings (SSSR count). The van der Waals surface area contributed by atoms with Crippen molar-refractivity contribution in [1.82, 2.24) is 15.2 Å². The predicted molar refractivity (Wildman–Crippen MR) is 55.3 cm³/mol. The first-order chi connectivity index (χ1) is 7.51. The van der Waals surface area contributed by atoms with Gasteiger partial charge in [-0.05, 0) is 18.3 Å². The highest BCUT2D eigenvalue weighted by molar-refractivity contribution is 5.79. The van der Waals surface area contributed by atoms with Crippen LogP contribution < -0.4 is 11.3 Å². The first kappa shape index (κ1) is 12.1. The normalized spacial score (nSPS) is 12.2. The maximum atomic E-state index is 11.4. The number of hydrogen-bond donors (Lipinski definition) is 2. The Morgan fingerprint density at radius 2 is 2.44 bits per heavy atom. The summed E-state index contributed by atoms with van der Waals surface area (Å²) < 4.78 is 1.31. The van der Waals surface area contributed by atoms with Crippen molar-refractivity contribution in [3.63, 3.8) is 0 Å². The van der Waals surface area contributed by atoms with Crippen molar-refractivity contribution in [2.24, 2.45) is 5.84 Å². The van der Waals surface area contributed by atoms with Gasteiger partial charge in [-0.3, -0.25) is 10.2 Å². The Morgan fingerprint density at radius 1 is 1.81 bits per heavy atom. The molecular weight excluding hydrogens is 214 g/mol. The molecule has 1 heterocycles. The average Bonchev–Trinajstić information content (AvgIpc) is 2.62. The van der Waals surface area contributed by atoms with Crippen LogP contribution in [0.5, 0.6) is 0 Å². The number of nitrogens with one attached hydrogen (secondary N) is 1. The minimum absolute atomic E-state index is 0.277. The third-order valence-corrected chi connectivity index (χ3v) is 2.22. The largest absolute Gasteiger partial charge is 0.390 e. The Balaban J connectivity index is 3.10. The first-order valence-corrected chi connectivity index (χ1v) is 4.72. The van der Waals surface area contributed by atoms with E-state index in [2.05, 4.69) is 5.10 Å². The van der Waals surface area contributed by atoms with Gasteiger partial charge < -0.3 is 10.1 Å². The van der Waals surface area contributed by atoms with Gasteiger partial charge >= 0.3 is 5.82 Å². The van der Waals surface area contributed by atoms with Crippen LogP contribution in [0.1, 0.15) is 25.1 Å². The second-order valence-electron chi connectivity index (χ2n) is 3.28. The Morgan fingerprint density at radius 3 is 2.81 bits per heavy atom. The molecule has 1 unspecified atom stereocenters. The summed E-state index contributed by atoms with van der Waals surface area (Å²) in [4.78, 5) is 21.3. The molecule has 0 aliphatic rings. The second kappa shape index (κ2) is 4.71. The Bertz CT molecular complexity index is 414. The lowest BCUT2D eigenvalue weighted by atomic mass is 10.2. The number of aromatic nitrogens is 2. The zero-order chi connectivity index (χ0) is 12.3. The van der Waals surface area contributed by atoms with E-state index in [1.807, 2.05) is 5.43 Å². The summed E-state index contributed by atoms with van der Waals surface area (Å²) in [7, 11) is 0. The summed E-state index contributed by atoms with van der Waals surface area (Å²) in [6.07, 6.45) is 0.447. The lowest BCUT2D eigenvalue weighted by Gasteiger charge is -2.11. The number of rotatable bonds is 4. The molecule has 0 aromatic carbocycles. The van der Waals surface area contributed by atoms with Crippen LogP contribution in [0, 0.1) is 17.0 Å². The summed E-state index contributed by atoms with van der Waals surface area (Å²) in [5.41, 5.74) is 2.55. The van der Waals surface area contributed by atoms with Gasteiger partial charge in [0.2, 0.25) is 0 Å². The molecule has 16 heavy (non-hydrogen) atoms. The van der Waals surface area contributed by atoms with E-state index in [4.69, 9.17) is 5.84 Å². The second-order valence-corrected chi connectivity index (χ2v) is 3.28. The SMILES string of the molecule is CCC(C(=O)NN)n1nc([N+](=O)[O-])cc1C. The van der Waals surface area contributed by atoms with Crippen molar-refractivity contribution >= 4 is 11.7 Å². The molecule has 1 aromatic heterocycles. The van der Waals surface area contributed by atoms with Gasteiger partial charge in [-0.25, -0.2) is 5.84 Å². The highest BCUT2D eigenvalue weighted by Gasteiger charge is 2.26. The minimum atomic E-state index is -0.626. The average molecular weight is 227 g/mol. The molecule has 1 amide bonds. The molecule has 0 aliphatic carbocycles. The smallest absolute Gasteiger partial charge is 0.358 e. The zero-order valence-corrected chi connectivity index (χ0v) is 9.01. The number of aryl methyl sites for hydroxylation is 1. The number of hydrazine groups is 1. The van der Waals surface area contributed by atoms with Crippen LogP contribution in [0.15, 0.2) is 6.07 Å². The van der Waals surface area contributed by atoms with Gasteiger partial charge in [0.25, 0.3) is 5.91 Å². The summed E-state index contributed by atoms with van der Waals surface area (Å²) >= 11 is 0. The molecule has 0 bridgehead atoms. The van der Waals surface area contributed by atoms with E-state index in [9.17, 15) is 14.9 Å². The van der Waals surface area contributed by atoms with Crippen molar-refractivity contribution in [2.45, 2.75) is 26.3 Å². The summed E-state index contributed by atoms with van der Waals surface area (Å²) in [5, 5.41) is 14.3. The van der Waals surface area contributed by atoms with E-state index in [1.165, 1.54) is 10.7 Å². The van der Waals surface area contributed by atoms with Gasteiger partial charge in [-0.15, -0.1) is 0 Å². The van der Waals surface area contributed by atoms with Crippen molar-refractivity contribution in [3.8, 4) is 0 Å². The van der Waals surface area contributed by atoms with Gasteiger partial charge in [0.05, 0.1) is 16.9 Å². The molecule has 0 radical (unpaired) electrons. The molecule has 1 aromatic rings. The molecule has 1 atom stereocenters. The third-order valence-electron chi connectivity index (χ3n) is 2.22. The lowest BCUT2D eigenvalue weighted by Crippen LogP contribution is -2.37. The van der Waals surface area contributed by atoms with Gasteiger partial charge in [-0.2, -0.15) is 4.68 Å². The Hall–Kier alpha value is -1.96. The molecule has 0 spiro atoms. The maximum absolute atomic E-state index is 11.4. The monoisotopic (exact) mass is 227 g/mol. The van der Waals surface area contributed by atoms with Crippen LogP contribution in [-0.4, -0.2) is 20.6 Å². The Labute approximate surface area is 91.5 Å². The fourth-order valence-electron chi connectivity index (χ4n) is 1.44. The third kappa shape index (κ3) is 2.16. The van der Waals surface area contributed by atoms with Gasteiger partial charge in [0.1, 0.15) is 0 Å². The van der Waals surface area contributed by atoms with Crippen LogP contribution in [0.4, 0.5) is 5.82 Å². The molecule has 0 fully saturated rings. The quantitative estimate of drug-likeness (QED) is 0.326. The molecule has 8 nitrogen and oxygen atoms in total. The predicted octanol–water partition coefficient (Wildman–Crippen LogP) is 0.0407.